The van der Waals surface area contributed by atoms with Crippen molar-refractivity contribution in [2.45, 2.75) is 11.8 Å². The van der Waals surface area contributed by atoms with E-state index in [0.29, 0.717) is 17.2 Å². The van der Waals surface area contributed by atoms with Crippen molar-refractivity contribution in [2.24, 2.45) is 0 Å². The second-order valence-corrected chi connectivity index (χ2v) is 7.78. The van der Waals surface area contributed by atoms with E-state index in [1.165, 1.54) is 16.7 Å². The van der Waals surface area contributed by atoms with Crippen LogP contribution in [0.5, 0.6) is 5.75 Å². The summed E-state index contributed by atoms with van der Waals surface area (Å²) in [7, 11) is 3.36. The number of amides is 2. The molecule has 2 rings (SSSR count). The lowest BCUT2D eigenvalue weighted by atomic mass is 10.2. The van der Waals surface area contributed by atoms with Crippen LogP contribution in [0.25, 0.3) is 0 Å². The molecule has 7 heteroatoms. The summed E-state index contributed by atoms with van der Waals surface area (Å²) in [6.07, 6.45) is 0. The Kier molecular flexibility index (Phi) is 7.53. The third-order valence-electron chi connectivity index (χ3n) is 3.49. The van der Waals surface area contributed by atoms with Gasteiger partial charge in [-0.15, -0.1) is 11.8 Å². The van der Waals surface area contributed by atoms with Crippen molar-refractivity contribution >= 4 is 45.2 Å². The Morgan fingerprint density at radius 2 is 1.85 bits per heavy atom. The van der Waals surface area contributed by atoms with Gasteiger partial charge >= 0.3 is 0 Å². The van der Waals surface area contributed by atoms with E-state index in [2.05, 4.69) is 21.2 Å². The van der Waals surface area contributed by atoms with Crippen LogP contribution in [0.2, 0.25) is 0 Å². The zero-order valence-corrected chi connectivity index (χ0v) is 17.3. The van der Waals surface area contributed by atoms with Crippen LogP contribution in [0.4, 0.5) is 5.69 Å². The molecule has 0 aliphatic carbocycles. The SMILES string of the molecule is Cc1cc(Br)ccc1SCC(=O)Nc1ccc(OCC(=O)N(C)C)cc1. The van der Waals surface area contributed by atoms with Gasteiger partial charge in [-0.3, -0.25) is 9.59 Å². The zero-order chi connectivity index (χ0) is 19.1. The van der Waals surface area contributed by atoms with Gasteiger partial charge in [-0.2, -0.15) is 0 Å². The second-order valence-electron chi connectivity index (χ2n) is 5.85. The van der Waals surface area contributed by atoms with Gasteiger partial charge in [0.15, 0.2) is 6.61 Å². The van der Waals surface area contributed by atoms with E-state index < -0.39 is 0 Å². The van der Waals surface area contributed by atoms with E-state index in [9.17, 15) is 9.59 Å². The van der Waals surface area contributed by atoms with E-state index in [-0.39, 0.29) is 18.4 Å². The molecule has 0 unspecified atom stereocenters. The van der Waals surface area contributed by atoms with Gasteiger partial charge in [0.1, 0.15) is 5.75 Å². The Morgan fingerprint density at radius 1 is 1.15 bits per heavy atom. The number of ether oxygens (including phenoxy) is 1. The number of nitrogens with zero attached hydrogens (tertiary/aromatic N) is 1. The molecular weight excluding hydrogens is 416 g/mol. The summed E-state index contributed by atoms with van der Waals surface area (Å²) in [6, 6.07) is 13.0. The number of likely N-dealkylation sites (N-methyl/N-ethyl adjacent to an activating group) is 1. The number of rotatable bonds is 7. The van der Waals surface area contributed by atoms with Crippen LogP contribution in [-0.2, 0) is 9.59 Å². The number of hydrogen-bond donors (Lipinski definition) is 1. The molecule has 0 radical (unpaired) electrons. The van der Waals surface area contributed by atoms with Crippen molar-refractivity contribution in [3.8, 4) is 5.75 Å². The number of nitrogens with one attached hydrogen (secondary N) is 1. The van der Waals surface area contributed by atoms with Gasteiger partial charge in [-0.25, -0.2) is 0 Å². The van der Waals surface area contributed by atoms with Gasteiger partial charge in [0.25, 0.3) is 5.91 Å². The normalized spacial score (nSPS) is 10.3. The van der Waals surface area contributed by atoms with Crippen LogP contribution in [-0.4, -0.2) is 43.2 Å². The van der Waals surface area contributed by atoms with E-state index in [0.717, 1.165) is 14.9 Å². The highest BCUT2D eigenvalue weighted by Crippen LogP contribution is 2.25. The largest absolute Gasteiger partial charge is 0.484 e. The Hall–Kier alpha value is -1.99. The smallest absolute Gasteiger partial charge is 0.259 e. The summed E-state index contributed by atoms with van der Waals surface area (Å²) < 4.78 is 6.43. The molecule has 0 aliphatic heterocycles. The molecule has 0 saturated heterocycles. The molecule has 0 bridgehead atoms. The molecule has 0 aromatic heterocycles. The molecule has 0 spiro atoms. The molecule has 0 heterocycles. The lowest BCUT2D eigenvalue weighted by Gasteiger charge is -2.12. The Morgan fingerprint density at radius 3 is 2.46 bits per heavy atom. The minimum absolute atomic E-state index is 0.0120. The fourth-order valence-electron chi connectivity index (χ4n) is 2.02. The Labute approximate surface area is 166 Å². The summed E-state index contributed by atoms with van der Waals surface area (Å²) in [4.78, 5) is 26.2. The van der Waals surface area contributed by atoms with Crippen LogP contribution in [0.15, 0.2) is 51.8 Å². The van der Waals surface area contributed by atoms with Gasteiger partial charge in [0.05, 0.1) is 5.75 Å². The molecule has 26 heavy (non-hydrogen) atoms. The van der Waals surface area contributed by atoms with Gasteiger partial charge in [0, 0.05) is 29.2 Å². The fourth-order valence-corrected chi connectivity index (χ4v) is 3.31. The first-order valence-electron chi connectivity index (χ1n) is 7.97. The molecule has 2 aromatic carbocycles. The quantitative estimate of drug-likeness (QED) is 0.667. The topological polar surface area (TPSA) is 58.6 Å². The number of thioether (sulfide) groups is 1. The van der Waals surface area contributed by atoms with Crippen molar-refractivity contribution < 1.29 is 14.3 Å². The van der Waals surface area contributed by atoms with E-state index in [4.69, 9.17) is 4.74 Å². The molecule has 2 amide bonds. The van der Waals surface area contributed by atoms with Crippen molar-refractivity contribution in [3.05, 3.63) is 52.5 Å². The molecule has 5 nitrogen and oxygen atoms in total. The minimum atomic E-state index is -0.109. The number of aryl methyl sites for hydroxylation is 1. The van der Waals surface area contributed by atoms with Crippen LogP contribution >= 0.6 is 27.7 Å². The van der Waals surface area contributed by atoms with E-state index in [1.807, 2.05) is 25.1 Å². The van der Waals surface area contributed by atoms with Gasteiger partial charge in [-0.05, 0) is 55.0 Å². The van der Waals surface area contributed by atoms with Crippen molar-refractivity contribution in [3.63, 3.8) is 0 Å². The summed E-state index contributed by atoms with van der Waals surface area (Å²) in [6.45, 7) is 2.01. The predicted molar refractivity (Wildman–Crippen MR) is 109 cm³/mol. The number of carbonyl (C=O) groups is 2. The molecule has 0 fully saturated rings. The maximum atomic E-state index is 12.1. The molecule has 1 N–H and O–H groups in total. The highest BCUT2D eigenvalue weighted by Gasteiger charge is 2.07. The van der Waals surface area contributed by atoms with Crippen molar-refractivity contribution in [1.82, 2.24) is 4.90 Å². The average molecular weight is 437 g/mol. The van der Waals surface area contributed by atoms with Gasteiger partial charge < -0.3 is 15.0 Å². The molecule has 0 atom stereocenters. The molecule has 2 aromatic rings. The van der Waals surface area contributed by atoms with E-state index >= 15 is 0 Å². The Balaban J connectivity index is 1.82. The maximum Gasteiger partial charge on any atom is 0.259 e. The lowest BCUT2D eigenvalue weighted by molar-refractivity contribution is -0.130. The Bertz CT molecular complexity index is 779. The fraction of sp³-hybridized carbons (Fsp3) is 0.263. The first-order chi connectivity index (χ1) is 12.3. The van der Waals surface area contributed by atoms with Gasteiger partial charge in [0.2, 0.25) is 5.91 Å². The zero-order valence-electron chi connectivity index (χ0n) is 14.9. The van der Waals surface area contributed by atoms with Crippen LogP contribution in [0.3, 0.4) is 0 Å². The minimum Gasteiger partial charge on any atom is -0.484 e. The summed E-state index contributed by atoms with van der Waals surface area (Å²) in [5, 5.41) is 2.85. The van der Waals surface area contributed by atoms with Crippen LogP contribution in [0.1, 0.15) is 5.56 Å². The summed E-state index contributed by atoms with van der Waals surface area (Å²) in [5.41, 5.74) is 1.82. The summed E-state index contributed by atoms with van der Waals surface area (Å²) >= 11 is 4.93. The average Bonchev–Trinajstić information content (AvgIpc) is 2.60. The third-order valence-corrected chi connectivity index (χ3v) is 5.16. The molecule has 138 valence electrons. The summed E-state index contributed by atoms with van der Waals surface area (Å²) in [5.74, 6) is 0.729. The third kappa shape index (κ3) is 6.38. The first-order valence-corrected chi connectivity index (χ1v) is 9.75. The van der Waals surface area contributed by atoms with Crippen molar-refractivity contribution in [2.75, 3.05) is 31.8 Å². The lowest BCUT2D eigenvalue weighted by Crippen LogP contribution is -2.27. The van der Waals surface area contributed by atoms with E-state index in [1.54, 1.807) is 38.4 Å². The first kappa shape index (κ1) is 20.3. The highest BCUT2D eigenvalue weighted by atomic mass is 79.9. The molecule has 0 aliphatic rings. The van der Waals surface area contributed by atoms with Crippen molar-refractivity contribution in [1.29, 1.82) is 0 Å². The number of benzene rings is 2. The van der Waals surface area contributed by atoms with Gasteiger partial charge in [-0.1, -0.05) is 15.9 Å². The van der Waals surface area contributed by atoms with Crippen LogP contribution in [0, 0.1) is 6.92 Å². The predicted octanol–water partition coefficient (Wildman–Crippen LogP) is 3.96. The number of anilines is 1. The maximum absolute atomic E-state index is 12.1. The molecular formula is C19H21BrN2O3S. The monoisotopic (exact) mass is 436 g/mol. The second kappa shape index (κ2) is 9.64. The van der Waals surface area contributed by atoms with Crippen LogP contribution < -0.4 is 10.1 Å². The highest BCUT2D eigenvalue weighted by molar-refractivity contribution is 9.10. The number of hydrogen-bond acceptors (Lipinski definition) is 4. The molecule has 0 saturated carbocycles. The number of carbonyl (C=O) groups excluding carboxylic acids is 2. The standard InChI is InChI=1S/C19H21BrN2O3S/c1-13-10-14(20)4-9-17(13)26-12-18(23)21-15-5-7-16(8-6-15)25-11-19(24)22(2)3/h4-10H,11-12H2,1-3H3,(H,21,23). The number of halogens is 1.